The van der Waals surface area contributed by atoms with Crippen molar-refractivity contribution in [3.63, 3.8) is 0 Å². The molecule has 5 aromatic carbocycles. The molecule has 0 atom stereocenters. The fourth-order valence-corrected chi connectivity index (χ4v) is 4.52. The third kappa shape index (κ3) is 2.99. The minimum absolute atomic E-state index is 0.210. The molecular weight excluding hydrogens is 450 g/mol. The van der Waals surface area contributed by atoms with E-state index in [2.05, 4.69) is 40.2 Å². The first-order chi connectivity index (χ1) is 15.2. The molecule has 6 aromatic rings. The number of aromatic hydroxyl groups is 1. The number of hydrogen-bond acceptors (Lipinski definition) is 3. The second-order valence-electron chi connectivity index (χ2n) is 7.56. The number of oxazole rings is 1. The Bertz CT molecular complexity index is 1610. The van der Waals surface area contributed by atoms with Crippen LogP contribution in [-0.4, -0.2) is 10.1 Å². The zero-order chi connectivity index (χ0) is 20.9. The van der Waals surface area contributed by atoms with Gasteiger partial charge in [0.25, 0.3) is 0 Å². The molecule has 6 rings (SSSR count). The zero-order valence-corrected chi connectivity index (χ0v) is 17.9. The molecule has 0 saturated heterocycles. The molecule has 3 nitrogen and oxygen atoms in total. The van der Waals surface area contributed by atoms with Crippen molar-refractivity contribution in [2.45, 2.75) is 0 Å². The first-order valence-corrected chi connectivity index (χ1v) is 10.8. The smallest absolute Gasteiger partial charge is 0.227 e. The number of nitrogens with zero attached hydrogens (tertiary/aromatic N) is 1. The minimum atomic E-state index is 0.210. The summed E-state index contributed by atoms with van der Waals surface area (Å²) in [6, 6.07) is 30.0. The van der Waals surface area contributed by atoms with Crippen LogP contribution in [0.2, 0.25) is 0 Å². The highest BCUT2D eigenvalue weighted by Crippen LogP contribution is 2.41. The molecule has 0 saturated carbocycles. The van der Waals surface area contributed by atoms with E-state index in [-0.39, 0.29) is 5.75 Å². The Balaban J connectivity index is 1.60. The molecule has 1 heterocycles. The number of phenols is 1. The Morgan fingerprint density at radius 2 is 1.55 bits per heavy atom. The van der Waals surface area contributed by atoms with E-state index in [0.29, 0.717) is 11.5 Å². The highest BCUT2D eigenvalue weighted by atomic mass is 79.9. The number of para-hydroxylation sites is 1. The number of aromatic nitrogens is 1. The highest BCUT2D eigenvalue weighted by Gasteiger charge is 2.17. The lowest BCUT2D eigenvalue weighted by Gasteiger charge is -2.10. The fourth-order valence-electron chi connectivity index (χ4n) is 4.16. The van der Waals surface area contributed by atoms with Crippen LogP contribution >= 0.6 is 15.9 Å². The van der Waals surface area contributed by atoms with Crippen molar-refractivity contribution in [1.29, 1.82) is 0 Å². The van der Waals surface area contributed by atoms with Gasteiger partial charge in [-0.25, -0.2) is 4.98 Å². The maximum absolute atomic E-state index is 10.8. The SMILES string of the molecule is Oc1ccc2ccc(Br)cc2c1-c1cccc2nc(-c3ccc4ccccc4c3)oc12. The second-order valence-corrected chi connectivity index (χ2v) is 8.48. The molecule has 31 heavy (non-hydrogen) atoms. The Labute approximate surface area is 186 Å². The molecule has 0 spiro atoms. The van der Waals surface area contributed by atoms with Crippen molar-refractivity contribution in [3.8, 4) is 28.3 Å². The van der Waals surface area contributed by atoms with Gasteiger partial charge in [-0.1, -0.05) is 70.5 Å². The van der Waals surface area contributed by atoms with Crippen molar-refractivity contribution >= 4 is 48.6 Å². The van der Waals surface area contributed by atoms with Crippen LogP contribution in [0.3, 0.4) is 0 Å². The van der Waals surface area contributed by atoms with Crippen molar-refractivity contribution in [2.24, 2.45) is 0 Å². The lowest BCUT2D eigenvalue weighted by molar-refractivity contribution is 0.478. The van der Waals surface area contributed by atoms with Gasteiger partial charge in [0, 0.05) is 21.2 Å². The van der Waals surface area contributed by atoms with Crippen LogP contribution in [0.25, 0.3) is 55.2 Å². The predicted molar refractivity (Wildman–Crippen MR) is 129 cm³/mol. The molecule has 0 unspecified atom stereocenters. The minimum Gasteiger partial charge on any atom is -0.507 e. The van der Waals surface area contributed by atoms with Gasteiger partial charge in [-0.15, -0.1) is 0 Å². The molecule has 0 amide bonds. The molecule has 0 radical (unpaired) electrons. The molecule has 0 fully saturated rings. The standard InChI is InChI=1S/C27H16BrNO2/c28-20-12-10-17-11-13-24(30)25(22(17)15-20)21-6-3-7-23-26(21)31-27(29-23)19-9-8-16-4-1-2-5-18(16)14-19/h1-15,30H. The molecule has 0 aliphatic rings. The van der Waals surface area contributed by atoms with Gasteiger partial charge in [-0.2, -0.15) is 0 Å². The van der Waals surface area contributed by atoms with Gasteiger partial charge in [0.05, 0.1) is 0 Å². The molecule has 1 aromatic heterocycles. The van der Waals surface area contributed by atoms with Crippen LogP contribution in [0.15, 0.2) is 99.9 Å². The van der Waals surface area contributed by atoms with E-state index in [9.17, 15) is 5.11 Å². The highest BCUT2D eigenvalue weighted by molar-refractivity contribution is 9.10. The topological polar surface area (TPSA) is 46.3 Å². The lowest BCUT2D eigenvalue weighted by atomic mass is 9.96. The van der Waals surface area contributed by atoms with E-state index >= 15 is 0 Å². The average Bonchev–Trinajstić information content (AvgIpc) is 3.23. The van der Waals surface area contributed by atoms with Crippen molar-refractivity contribution in [3.05, 3.63) is 95.5 Å². The largest absolute Gasteiger partial charge is 0.507 e. The predicted octanol–water partition coefficient (Wildman–Crippen LogP) is 7.94. The van der Waals surface area contributed by atoms with Crippen molar-refractivity contribution in [1.82, 2.24) is 4.98 Å². The Morgan fingerprint density at radius 1 is 0.742 bits per heavy atom. The van der Waals surface area contributed by atoms with Gasteiger partial charge < -0.3 is 9.52 Å². The number of fused-ring (bicyclic) bond motifs is 3. The number of hydrogen-bond donors (Lipinski definition) is 1. The first-order valence-electron chi connectivity index (χ1n) is 9.98. The van der Waals surface area contributed by atoms with E-state index in [0.717, 1.165) is 42.8 Å². The maximum Gasteiger partial charge on any atom is 0.227 e. The zero-order valence-electron chi connectivity index (χ0n) is 16.3. The molecule has 0 aliphatic heterocycles. The van der Waals surface area contributed by atoms with E-state index in [4.69, 9.17) is 9.40 Å². The quantitative estimate of drug-likeness (QED) is 0.282. The van der Waals surface area contributed by atoms with E-state index < -0.39 is 0 Å². The van der Waals surface area contributed by atoms with Crippen LogP contribution < -0.4 is 0 Å². The van der Waals surface area contributed by atoms with Crippen LogP contribution in [0, 0.1) is 0 Å². The summed E-state index contributed by atoms with van der Waals surface area (Å²) in [6.45, 7) is 0. The van der Waals surface area contributed by atoms with Gasteiger partial charge in [0.2, 0.25) is 5.89 Å². The Hall–Kier alpha value is -3.63. The number of halogens is 1. The lowest BCUT2D eigenvalue weighted by Crippen LogP contribution is -1.84. The normalized spacial score (nSPS) is 11.5. The number of rotatable bonds is 2. The summed E-state index contributed by atoms with van der Waals surface area (Å²) >= 11 is 3.55. The van der Waals surface area contributed by atoms with Crippen LogP contribution in [0.1, 0.15) is 0 Å². The summed E-state index contributed by atoms with van der Waals surface area (Å²) in [7, 11) is 0. The molecular formula is C27H16BrNO2. The van der Waals surface area contributed by atoms with Crippen molar-refractivity contribution < 1.29 is 9.52 Å². The molecule has 0 bridgehead atoms. The van der Waals surface area contributed by atoms with E-state index in [1.54, 1.807) is 6.07 Å². The number of phenolic OH excluding ortho intramolecular Hbond substituents is 1. The van der Waals surface area contributed by atoms with Gasteiger partial charge in [-0.3, -0.25) is 0 Å². The summed E-state index contributed by atoms with van der Waals surface area (Å²) < 4.78 is 7.24. The average molecular weight is 466 g/mol. The Morgan fingerprint density at radius 3 is 2.45 bits per heavy atom. The molecule has 148 valence electrons. The molecule has 4 heteroatoms. The summed E-state index contributed by atoms with van der Waals surface area (Å²) in [6.07, 6.45) is 0. The van der Waals surface area contributed by atoms with Crippen molar-refractivity contribution in [2.75, 3.05) is 0 Å². The van der Waals surface area contributed by atoms with Gasteiger partial charge in [0.15, 0.2) is 5.58 Å². The van der Waals surface area contributed by atoms with Crippen LogP contribution in [0.5, 0.6) is 5.75 Å². The maximum atomic E-state index is 10.8. The van der Waals surface area contributed by atoms with E-state index in [1.807, 2.05) is 60.7 Å². The van der Waals surface area contributed by atoms with Crippen LogP contribution in [0.4, 0.5) is 0 Å². The Kier molecular flexibility index (Phi) is 4.08. The summed E-state index contributed by atoms with van der Waals surface area (Å²) in [5.74, 6) is 0.774. The summed E-state index contributed by atoms with van der Waals surface area (Å²) in [5.41, 5.74) is 3.90. The third-order valence-corrected chi connectivity index (χ3v) is 6.14. The molecule has 0 aliphatic carbocycles. The second kappa shape index (κ2) is 6.96. The number of benzene rings is 5. The summed E-state index contributed by atoms with van der Waals surface area (Å²) in [4.78, 5) is 4.75. The van der Waals surface area contributed by atoms with Crippen LogP contribution in [-0.2, 0) is 0 Å². The third-order valence-electron chi connectivity index (χ3n) is 5.64. The summed E-state index contributed by atoms with van der Waals surface area (Å²) in [5, 5.41) is 15.1. The first kappa shape index (κ1) is 18.2. The van der Waals surface area contributed by atoms with Gasteiger partial charge >= 0.3 is 0 Å². The molecule has 1 N–H and O–H groups in total. The van der Waals surface area contributed by atoms with Gasteiger partial charge in [-0.05, 0) is 57.9 Å². The van der Waals surface area contributed by atoms with Gasteiger partial charge in [0.1, 0.15) is 11.3 Å². The fraction of sp³-hybridized carbons (Fsp3) is 0. The monoisotopic (exact) mass is 465 g/mol. The van der Waals surface area contributed by atoms with E-state index in [1.165, 1.54) is 5.39 Å².